The van der Waals surface area contributed by atoms with E-state index in [1.807, 2.05) is 0 Å². The zero-order valence-electron chi connectivity index (χ0n) is 17.0. The molecule has 0 spiro atoms. The molecule has 0 radical (unpaired) electrons. The van der Waals surface area contributed by atoms with Crippen molar-refractivity contribution in [1.29, 1.82) is 0 Å². The van der Waals surface area contributed by atoms with Crippen LogP contribution >= 0.6 is 0 Å². The molecule has 162 valence electrons. The minimum atomic E-state index is -1.15. The van der Waals surface area contributed by atoms with Crippen LogP contribution < -0.4 is 14.4 Å². The van der Waals surface area contributed by atoms with E-state index in [0.29, 0.717) is 43.4 Å². The van der Waals surface area contributed by atoms with Crippen molar-refractivity contribution < 1.29 is 32.6 Å². The highest BCUT2D eigenvalue weighted by atomic mass is 19.2. The van der Waals surface area contributed by atoms with E-state index in [9.17, 15) is 18.4 Å². The number of imide groups is 1. The summed E-state index contributed by atoms with van der Waals surface area (Å²) in [7, 11) is 2.96. The SMILES string of the molecule is COc1ccc(C2=C(N3CCOCC3)C(=O)N(c3ccc(F)c(F)c3)C2=O)cc1OC. The third-order valence-electron chi connectivity index (χ3n) is 5.22. The van der Waals surface area contributed by atoms with Gasteiger partial charge in [0.1, 0.15) is 5.70 Å². The number of methoxy groups -OCH3 is 2. The summed E-state index contributed by atoms with van der Waals surface area (Å²) in [6.45, 7) is 1.62. The highest BCUT2D eigenvalue weighted by molar-refractivity contribution is 6.45. The van der Waals surface area contributed by atoms with Gasteiger partial charge in [-0.25, -0.2) is 13.7 Å². The molecular formula is C22H20F2N2O5. The topological polar surface area (TPSA) is 68.3 Å². The third kappa shape index (κ3) is 3.61. The van der Waals surface area contributed by atoms with Crippen molar-refractivity contribution in [2.24, 2.45) is 0 Å². The van der Waals surface area contributed by atoms with Crippen LogP contribution in [0.3, 0.4) is 0 Å². The molecule has 0 aliphatic carbocycles. The van der Waals surface area contributed by atoms with Crippen LogP contribution in [0.15, 0.2) is 42.1 Å². The third-order valence-corrected chi connectivity index (χ3v) is 5.22. The van der Waals surface area contributed by atoms with Crippen molar-refractivity contribution in [1.82, 2.24) is 4.90 Å². The lowest BCUT2D eigenvalue weighted by Gasteiger charge is -2.29. The van der Waals surface area contributed by atoms with Gasteiger partial charge in [-0.2, -0.15) is 0 Å². The van der Waals surface area contributed by atoms with Gasteiger partial charge >= 0.3 is 0 Å². The maximum Gasteiger partial charge on any atom is 0.282 e. The molecule has 1 fully saturated rings. The summed E-state index contributed by atoms with van der Waals surface area (Å²) >= 11 is 0. The van der Waals surface area contributed by atoms with Gasteiger partial charge in [0.05, 0.1) is 38.7 Å². The number of carbonyl (C=O) groups is 2. The molecule has 2 heterocycles. The number of amides is 2. The van der Waals surface area contributed by atoms with Gasteiger partial charge in [0, 0.05) is 19.2 Å². The van der Waals surface area contributed by atoms with Crippen molar-refractivity contribution >= 4 is 23.1 Å². The summed E-state index contributed by atoms with van der Waals surface area (Å²) in [5.41, 5.74) is 0.737. The Morgan fingerprint density at radius 2 is 1.58 bits per heavy atom. The molecule has 2 aromatic rings. The lowest BCUT2D eigenvalue weighted by atomic mass is 10.0. The summed E-state index contributed by atoms with van der Waals surface area (Å²) in [5.74, 6) is -2.60. The lowest BCUT2D eigenvalue weighted by molar-refractivity contribution is -0.121. The normalized spacial score (nSPS) is 16.9. The van der Waals surface area contributed by atoms with Crippen LogP contribution in [0, 0.1) is 11.6 Å². The summed E-state index contributed by atoms with van der Waals surface area (Å²) in [4.78, 5) is 29.4. The van der Waals surface area contributed by atoms with Gasteiger partial charge in [-0.15, -0.1) is 0 Å². The number of hydrogen-bond donors (Lipinski definition) is 0. The number of hydrogen-bond acceptors (Lipinski definition) is 6. The van der Waals surface area contributed by atoms with E-state index >= 15 is 0 Å². The molecule has 0 unspecified atom stereocenters. The predicted octanol–water partition coefficient (Wildman–Crippen LogP) is 2.60. The molecule has 0 bridgehead atoms. The first-order valence-corrected chi connectivity index (χ1v) is 9.59. The van der Waals surface area contributed by atoms with Gasteiger partial charge in [0.15, 0.2) is 23.1 Å². The summed E-state index contributed by atoms with van der Waals surface area (Å²) in [6, 6.07) is 7.80. The second-order valence-corrected chi connectivity index (χ2v) is 6.94. The molecule has 1 saturated heterocycles. The number of nitrogens with zero attached hydrogens (tertiary/aromatic N) is 2. The average molecular weight is 430 g/mol. The maximum atomic E-state index is 13.8. The number of benzene rings is 2. The quantitative estimate of drug-likeness (QED) is 0.680. The standard InChI is InChI=1S/C22H20F2N2O5/c1-29-17-6-3-13(11-18(17)30-2)19-20(25-7-9-31-10-8-25)22(28)26(21(19)27)14-4-5-15(23)16(24)12-14/h3-6,11-12H,7-10H2,1-2H3. The second-order valence-electron chi connectivity index (χ2n) is 6.94. The summed E-state index contributed by atoms with van der Waals surface area (Å²) < 4.78 is 43.2. The van der Waals surface area contributed by atoms with Gasteiger partial charge < -0.3 is 19.1 Å². The summed E-state index contributed by atoms with van der Waals surface area (Å²) in [5, 5.41) is 0. The van der Waals surface area contributed by atoms with E-state index in [4.69, 9.17) is 14.2 Å². The molecule has 2 aliphatic rings. The van der Waals surface area contributed by atoms with Gasteiger partial charge in [0.2, 0.25) is 0 Å². The fourth-order valence-electron chi connectivity index (χ4n) is 3.71. The molecule has 7 nitrogen and oxygen atoms in total. The van der Waals surface area contributed by atoms with Crippen LogP contribution in [-0.4, -0.2) is 57.2 Å². The van der Waals surface area contributed by atoms with E-state index in [1.54, 1.807) is 23.1 Å². The first-order valence-electron chi connectivity index (χ1n) is 9.59. The van der Waals surface area contributed by atoms with Crippen molar-refractivity contribution in [3.63, 3.8) is 0 Å². The Morgan fingerprint density at radius 1 is 0.871 bits per heavy atom. The molecule has 9 heteroatoms. The second kappa shape index (κ2) is 8.35. The number of morpholine rings is 1. The predicted molar refractivity (Wildman–Crippen MR) is 108 cm³/mol. The Bertz CT molecular complexity index is 1080. The van der Waals surface area contributed by atoms with E-state index < -0.39 is 23.4 Å². The number of rotatable bonds is 5. The number of anilines is 1. The van der Waals surface area contributed by atoms with Crippen LogP contribution in [0.1, 0.15) is 5.56 Å². The highest BCUT2D eigenvalue weighted by Crippen LogP contribution is 2.38. The molecule has 31 heavy (non-hydrogen) atoms. The first-order chi connectivity index (χ1) is 15.0. The first kappa shape index (κ1) is 20.8. The van der Waals surface area contributed by atoms with Crippen LogP contribution in [-0.2, 0) is 14.3 Å². The molecule has 4 rings (SSSR count). The fourth-order valence-corrected chi connectivity index (χ4v) is 3.71. The number of halogens is 2. The Hall–Kier alpha value is -3.46. The van der Waals surface area contributed by atoms with Crippen LogP contribution in [0.4, 0.5) is 14.5 Å². The van der Waals surface area contributed by atoms with Gasteiger partial charge in [-0.1, -0.05) is 6.07 Å². The Morgan fingerprint density at radius 3 is 2.23 bits per heavy atom. The Labute approximate surface area is 177 Å². The Balaban J connectivity index is 1.85. The van der Waals surface area contributed by atoms with E-state index in [0.717, 1.165) is 17.0 Å². The lowest BCUT2D eigenvalue weighted by Crippen LogP contribution is -2.40. The van der Waals surface area contributed by atoms with Crippen LogP contribution in [0.2, 0.25) is 0 Å². The number of carbonyl (C=O) groups excluding carboxylic acids is 2. The van der Waals surface area contributed by atoms with E-state index in [2.05, 4.69) is 0 Å². The van der Waals surface area contributed by atoms with Gasteiger partial charge in [0.25, 0.3) is 11.8 Å². The molecule has 2 aromatic carbocycles. The van der Waals surface area contributed by atoms with Crippen molar-refractivity contribution in [2.75, 3.05) is 45.4 Å². The van der Waals surface area contributed by atoms with Crippen LogP contribution in [0.5, 0.6) is 11.5 Å². The summed E-state index contributed by atoms with van der Waals surface area (Å²) in [6.07, 6.45) is 0. The molecule has 0 saturated carbocycles. The Kier molecular flexibility index (Phi) is 5.60. The molecule has 0 atom stereocenters. The zero-order valence-corrected chi connectivity index (χ0v) is 17.0. The highest BCUT2D eigenvalue weighted by Gasteiger charge is 2.43. The largest absolute Gasteiger partial charge is 0.493 e. The van der Waals surface area contributed by atoms with E-state index in [-0.39, 0.29) is 17.0 Å². The fraction of sp³-hybridized carbons (Fsp3) is 0.273. The number of ether oxygens (including phenoxy) is 3. The minimum Gasteiger partial charge on any atom is -0.493 e. The van der Waals surface area contributed by atoms with Gasteiger partial charge in [-0.3, -0.25) is 9.59 Å². The van der Waals surface area contributed by atoms with Crippen molar-refractivity contribution in [3.8, 4) is 11.5 Å². The molecule has 2 aliphatic heterocycles. The van der Waals surface area contributed by atoms with Gasteiger partial charge in [-0.05, 0) is 29.8 Å². The van der Waals surface area contributed by atoms with Crippen molar-refractivity contribution in [2.45, 2.75) is 0 Å². The van der Waals surface area contributed by atoms with Crippen LogP contribution in [0.25, 0.3) is 5.57 Å². The molecule has 0 aromatic heterocycles. The molecule has 0 N–H and O–H groups in total. The molecule has 2 amide bonds. The minimum absolute atomic E-state index is 0.0462. The van der Waals surface area contributed by atoms with E-state index in [1.165, 1.54) is 20.3 Å². The zero-order chi connectivity index (χ0) is 22.1. The monoisotopic (exact) mass is 430 g/mol. The smallest absolute Gasteiger partial charge is 0.282 e. The maximum absolute atomic E-state index is 13.8. The van der Waals surface area contributed by atoms with Crippen molar-refractivity contribution in [3.05, 3.63) is 59.3 Å². The average Bonchev–Trinajstić information content (AvgIpc) is 3.05. The molecular weight excluding hydrogens is 410 g/mol.